The average molecular weight is 128 g/mol. The monoisotopic (exact) mass is 128 g/mol. The first kappa shape index (κ1) is 6.78. The molecule has 1 rings (SSSR count). The quantitative estimate of drug-likeness (QED) is 0.499. The smallest absolute Gasteiger partial charge is 0.0721 e. The van der Waals surface area contributed by atoms with E-state index in [1.165, 1.54) is 0 Å². The average Bonchev–Trinajstić information content (AvgIpc) is 1.90. The number of aliphatic hydroxyl groups excluding tert-OH is 2. The molecule has 2 nitrogen and oxygen atoms in total. The van der Waals surface area contributed by atoms with Gasteiger partial charge in [0.25, 0.3) is 0 Å². The van der Waals surface area contributed by atoms with Gasteiger partial charge in [-0.1, -0.05) is 12.2 Å². The molecule has 1 aliphatic rings. The van der Waals surface area contributed by atoms with Crippen molar-refractivity contribution in [3.05, 3.63) is 12.2 Å². The highest BCUT2D eigenvalue weighted by molar-refractivity contribution is 4.97. The Balaban J connectivity index is 2.38. The molecule has 52 valence electrons. The molecular weight excluding hydrogens is 116 g/mol. The summed E-state index contributed by atoms with van der Waals surface area (Å²) in [5.74, 6) is 0.286. The topological polar surface area (TPSA) is 40.5 Å². The molecule has 0 saturated carbocycles. The van der Waals surface area contributed by atoms with Gasteiger partial charge in [0.1, 0.15) is 0 Å². The molecule has 2 atom stereocenters. The predicted molar refractivity (Wildman–Crippen MR) is 35.0 cm³/mol. The molecule has 1 aliphatic carbocycles. The van der Waals surface area contributed by atoms with Crippen LogP contribution in [0.2, 0.25) is 0 Å². The Labute approximate surface area is 54.8 Å². The lowest BCUT2D eigenvalue weighted by Crippen LogP contribution is -2.14. The molecule has 0 amide bonds. The third-order valence-electron chi connectivity index (χ3n) is 1.67. The van der Waals surface area contributed by atoms with Crippen molar-refractivity contribution in [3.63, 3.8) is 0 Å². The van der Waals surface area contributed by atoms with Crippen molar-refractivity contribution >= 4 is 0 Å². The van der Waals surface area contributed by atoms with Crippen LogP contribution in [0.3, 0.4) is 0 Å². The zero-order chi connectivity index (χ0) is 6.69. The Hall–Kier alpha value is -0.340. The van der Waals surface area contributed by atoms with Crippen LogP contribution < -0.4 is 0 Å². The number of aliphatic hydroxyl groups is 2. The van der Waals surface area contributed by atoms with E-state index in [0.717, 1.165) is 12.8 Å². The van der Waals surface area contributed by atoms with Gasteiger partial charge < -0.3 is 10.2 Å². The fourth-order valence-electron chi connectivity index (χ4n) is 1.01. The Kier molecular flexibility index (Phi) is 2.25. The molecule has 0 aliphatic heterocycles. The van der Waals surface area contributed by atoms with Crippen molar-refractivity contribution in [3.8, 4) is 0 Å². The second kappa shape index (κ2) is 2.99. The van der Waals surface area contributed by atoms with E-state index in [4.69, 9.17) is 10.2 Å². The third kappa shape index (κ3) is 1.80. The third-order valence-corrected chi connectivity index (χ3v) is 1.67. The van der Waals surface area contributed by atoms with Crippen LogP contribution in [-0.4, -0.2) is 22.9 Å². The SMILES string of the molecule is OCC1C=C[C@@H](O)CC1. The van der Waals surface area contributed by atoms with E-state index in [9.17, 15) is 0 Å². The van der Waals surface area contributed by atoms with E-state index in [-0.39, 0.29) is 18.6 Å². The molecule has 0 aromatic heterocycles. The zero-order valence-corrected chi connectivity index (χ0v) is 5.33. The molecule has 0 fully saturated rings. The van der Waals surface area contributed by atoms with E-state index in [1.807, 2.05) is 6.08 Å². The van der Waals surface area contributed by atoms with E-state index in [0.29, 0.717) is 0 Å². The second-order valence-electron chi connectivity index (χ2n) is 2.47. The molecule has 0 spiro atoms. The van der Waals surface area contributed by atoms with Crippen molar-refractivity contribution in [1.82, 2.24) is 0 Å². The maximum absolute atomic E-state index is 8.95. The molecule has 2 N–H and O–H groups in total. The van der Waals surface area contributed by atoms with Gasteiger partial charge in [-0.2, -0.15) is 0 Å². The molecule has 0 bridgehead atoms. The van der Waals surface area contributed by atoms with Crippen LogP contribution >= 0.6 is 0 Å². The lowest BCUT2D eigenvalue weighted by molar-refractivity contribution is 0.174. The number of hydrogen-bond donors (Lipinski definition) is 2. The van der Waals surface area contributed by atoms with Crippen LogP contribution in [0, 0.1) is 5.92 Å². The summed E-state index contributed by atoms with van der Waals surface area (Å²) in [6.07, 6.45) is 5.07. The highest BCUT2D eigenvalue weighted by Gasteiger charge is 2.11. The Morgan fingerprint density at radius 3 is 2.56 bits per heavy atom. The van der Waals surface area contributed by atoms with Crippen LogP contribution in [0.5, 0.6) is 0 Å². The molecule has 2 heteroatoms. The normalized spacial score (nSPS) is 34.9. The van der Waals surface area contributed by atoms with E-state index in [2.05, 4.69) is 0 Å². The van der Waals surface area contributed by atoms with Gasteiger partial charge in [-0.15, -0.1) is 0 Å². The summed E-state index contributed by atoms with van der Waals surface area (Å²) in [5, 5.41) is 17.6. The first-order chi connectivity index (χ1) is 4.33. The molecule has 9 heavy (non-hydrogen) atoms. The van der Waals surface area contributed by atoms with Crippen molar-refractivity contribution in [2.45, 2.75) is 18.9 Å². The lowest BCUT2D eigenvalue weighted by atomic mass is 9.95. The molecular formula is C7H12O2. The van der Waals surface area contributed by atoms with Gasteiger partial charge in [0.2, 0.25) is 0 Å². The fraction of sp³-hybridized carbons (Fsp3) is 0.714. The molecule has 0 aromatic carbocycles. The largest absolute Gasteiger partial charge is 0.396 e. The lowest BCUT2D eigenvalue weighted by Gasteiger charge is -2.16. The molecule has 0 saturated heterocycles. The molecule has 0 aromatic rings. The zero-order valence-electron chi connectivity index (χ0n) is 5.33. The Bertz CT molecular complexity index is 109. The van der Waals surface area contributed by atoms with E-state index >= 15 is 0 Å². The van der Waals surface area contributed by atoms with Gasteiger partial charge in [0.15, 0.2) is 0 Å². The van der Waals surface area contributed by atoms with Gasteiger partial charge in [0.05, 0.1) is 6.10 Å². The van der Waals surface area contributed by atoms with Crippen LogP contribution in [-0.2, 0) is 0 Å². The minimum Gasteiger partial charge on any atom is -0.396 e. The summed E-state index contributed by atoms with van der Waals surface area (Å²) in [6.45, 7) is 0.212. The van der Waals surface area contributed by atoms with Crippen LogP contribution in [0.4, 0.5) is 0 Å². The maximum atomic E-state index is 8.95. The van der Waals surface area contributed by atoms with Crippen molar-refractivity contribution < 1.29 is 10.2 Å². The number of rotatable bonds is 1. The van der Waals surface area contributed by atoms with Crippen LogP contribution in [0.1, 0.15) is 12.8 Å². The van der Waals surface area contributed by atoms with Crippen molar-refractivity contribution in [2.24, 2.45) is 5.92 Å². The van der Waals surface area contributed by atoms with Gasteiger partial charge in [0, 0.05) is 12.5 Å². The highest BCUT2D eigenvalue weighted by Crippen LogP contribution is 2.16. The van der Waals surface area contributed by atoms with Gasteiger partial charge >= 0.3 is 0 Å². The van der Waals surface area contributed by atoms with Crippen molar-refractivity contribution in [2.75, 3.05) is 6.61 Å². The standard InChI is InChI=1S/C7H12O2/c8-5-6-1-3-7(9)4-2-6/h1,3,6-9H,2,4-5H2/t6?,7-/m1/s1. The van der Waals surface area contributed by atoms with Crippen molar-refractivity contribution in [1.29, 1.82) is 0 Å². The van der Waals surface area contributed by atoms with Gasteiger partial charge in [-0.05, 0) is 12.8 Å². The summed E-state index contributed by atoms with van der Waals surface area (Å²) in [6, 6.07) is 0. The highest BCUT2D eigenvalue weighted by atomic mass is 16.3. The Morgan fingerprint density at radius 1 is 1.33 bits per heavy atom. The number of hydrogen-bond acceptors (Lipinski definition) is 2. The maximum Gasteiger partial charge on any atom is 0.0721 e. The minimum atomic E-state index is -0.271. The molecule has 1 unspecified atom stereocenters. The second-order valence-corrected chi connectivity index (χ2v) is 2.47. The van der Waals surface area contributed by atoms with Crippen LogP contribution in [0.15, 0.2) is 12.2 Å². The van der Waals surface area contributed by atoms with Gasteiger partial charge in [-0.3, -0.25) is 0 Å². The predicted octanol–water partition coefficient (Wildman–Crippen LogP) is 0.306. The summed E-state index contributed by atoms with van der Waals surface area (Å²) in [4.78, 5) is 0. The van der Waals surface area contributed by atoms with Gasteiger partial charge in [-0.25, -0.2) is 0 Å². The molecule has 0 heterocycles. The summed E-state index contributed by atoms with van der Waals surface area (Å²) < 4.78 is 0. The first-order valence-corrected chi connectivity index (χ1v) is 3.30. The molecule has 0 radical (unpaired) electrons. The Morgan fingerprint density at radius 2 is 2.11 bits per heavy atom. The summed E-state index contributed by atoms with van der Waals surface area (Å²) in [7, 11) is 0. The summed E-state index contributed by atoms with van der Waals surface area (Å²) >= 11 is 0. The fourth-order valence-corrected chi connectivity index (χ4v) is 1.01. The van der Waals surface area contributed by atoms with E-state index < -0.39 is 0 Å². The summed E-state index contributed by atoms with van der Waals surface area (Å²) in [5.41, 5.74) is 0. The van der Waals surface area contributed by atoms with E-state index in [1.54, 1.807) is 6.08 Å². The minimum absolute atomic E-state index is 0.212. The first-order valence-electron chi connectivity index (χ1n) is 3.30. The van der Waals surface area contributed by atoms with Crippen LogP contribution in [0.25, 0.3) is 0 Å².